The summed E-state index contributed by atoms with van der Waals surface area (Å²) >= 11 is 1.56. The average Bonchev–Trinajstić information content (AvgIpc) is 3.17. The lowest BCUT2D eigenvalue weighted by Gasteiger charge is -2.14. The van der Waals surface area contributed by atoms with Crippen molar-refractivity contribution in [2.24, 2.45) is 0 Å². The first-order valence-corrected chi connectivity index (χ1v) is 10.2. The van der Waals surface area contributed by atoms with Crippen molar-refractivity contribution in [2.45, 2.75) is 37.1 Å². The smallest absolute Gasteiger partial charge is 0.255 e. The van der Waals surface area contributed by atoms with Crippen LogP contribution in [-0.2, 0) is 6.42 Å². The quantitative estimate of drug-likeness (QED) is 0.489. The number of hydrogen-bond donors (Lipinski definition) is 1. The Labute approximate surface area is 173 Å². The molecule has 0 unspecified atom stereocenters. The van der Waals surface area contributed by atoms with Crippen molar-refractivity contribution in [1.29, 1.82) is 0 Å². The lowest BCUT2D eigenvalue weighted by molar-refractivity contribution is 0.102. The van der Waals surface area contributed by atoms with Crippen LogP contribution in [-0.4, -0.2) is 25.5 Å². The molecule has 1 N–H and O–H groups in total. The normalized spacial score (nSPS) is 11.0. The van der Waals surface area contributed by atoms with Crippen LogP contribution in [0.2, 0.25) is 0 Å². The van der Waals surface area contributed by atoms with Gasteiger partial charge in [0.25, 0.3) is 11.7 Å². The summed E-state index contributed by atoms with van der Waals surface area (Å²) in [5, 5.41) is 8.36. The minimum atomic E-state index is -0.130. The molecule has 0 aliphatic heterocycles. The molecule has 0 fully saturated rings. The Bertz CT molecular complexity index is 1200. The number of aromatic nitrogens is 4. The van der Waals surface area contributed by atoms with Gasteiger partial charge in [-0.1, -0.05) is 48.5 Å². The number of carbonyl (C=O) groups excluding carboxylic acids is 1. The molecule has 0 bridgehead atoms. The fourth-order valence-electron chi connectivity index (χ4n) is 3.21. The van der Waals surface area contributed by atoms with E-state index in [1.54, 1.807) is 16.3 Å². The van der Waals surface area contributed by atoms with Gasteiger partial charge >= 0.3 is 0 Å². The molecule has 0 spiro atoms. The molecule has 2 heterocycles. The first kappa shape index (κ1) is 19.1. The first-order valence-electron chi connectivity index (χ1n) is 9.41. The highest BCUT2D eigenvalue weighted by molar-refractivity contribution is 7.99. The molecule has 6 nitrogen and oxygen atoms in total. The van der Waals surface area contributed by atoms with Crippen molar-refractivity contribution in [1.82, 2.24) is 19.6 Å². The Kier molecular flexibility index (Phi) is 5.31. The molecular weight excluding hydrogens is 382 g/mol. The number of aryl methyl sites for hydroxylation is 2. The Morgan fingerprint density at radius 2 is 1.97 bits per heavy atom. The maximum absolute atomic E-state index is 12.8. The van der Waals surface area contributed by atoms with Crippen molar-refractivity contribution in [2.75, 3.05) is 5.32 Å². The Morgan fingerprint density at radius 1 is 1.14 bits per heavy atom. The summed E-state index contributed by atoms with van der Waals surface area (Å²) in [6.45, 7) is 6.06. The molecule has 0 saturated heterocycles. The molecular formula is C22H21N5OS. The Balaban J connectivity index is 1.71. The molecule has 0 radical (unpaired) electrons. The highest BCUT2D eigenvalue weighted by atomic mass is 32.2. The van der Waals surface area contributed by atoms with E-state index in [1.165, 1.54) is 6.33 Å². The van der Waals surface area contributed by atoms with Crippen molar-refractivity contribution in [3.63, 3.8) is 0 Å². The molecule has 0 aliphatic carbocycles. The van der Waals surface area contributed by atoms with E-state index in [0.29, 0.717) is 11.3 Å². The number of hydrogen-bond acceptors (Lipinski definition) is 5. The average molecular weight is 404 g/mol. The van der Waals surface area contributed by atoms with E-state index >= 15 is 0 Å². The zero-order valence-corrected chi connectivity index (χ0v) is 17.3. The van der Waals surface area contributed by atoms with Gasteiger partial charge in [0, 0.05) is 21.7 Å². The van der Waals surface area contributed by atoms with Gasteiger partial charge in [-0.15, -0.1) is 0 Å². The lowest BCUT2D eigenvalue weighted by Crippen LogP contribution is -2.12. The summed E-state index contributed by atoms with van der Waals surface area (Å²) in [5.41, 5.74) is 4.50. The number of benzene rings is 2. The van der Waals surface area contributed by atoms with Crippen LogP contribution in [0.5, 0.6) is 0 Å². The number of fused-ring (bicyclic) bond motifs is 1. The zero-order chi connectivity index (χ0) is 20.4. The van der Waals surface area contributed by atoms with Crippen molar-refractivity contribution in [3.05, 3.63) is 77.2 Å². The largest absolute Gasteiger partial charge is 0.321 e. The van der Waals surface area contributed by atoms with Gasteiger partial charge in [-0.3, -0.25) is 4.79 Å². The number of amides is 1. The van der Waals surface area contributed by atoms with E-state index < -0.39 is 0 Å². The molecule has 0 aliphatic rings. The molecule has 4 aromatic rings. The van der Waals surface area contributed by atoms with E-state index in [2.05, 4.69) is 27.3 Å². The van der Waals surface area contributed by atoms with E-state index in [4.69, 9.17) is 0 Å². The second-order valence-corrected chi connectivity index (χ2v) is 7.76. The molecule has 1 amide bonds. The molecule has 0 saturated carbocycles. The minimum Gasteiger partial charge on any atom is -0.321 e. The molecule has 2 aromatic carbocycles. The van der Waals surface area contributed by atoms with Crippen LogP contribution in [0.1, 0.15) is 34.1 Å². The molecule has 4 rings (SSSR count). The SMILES string of the molecule is CCc1c(C)nc2ncnn2c1Sc1ccccc1NC(=O)c1cccc(C)c1. The summed E-state index contributed by atoms with van der Waals surface area (Å²) < 4.78 is 1.76. The van der Waals surface area contributed by atoms with E-state index in [0.717, 1.165) is 38.9 Å². The van der Waals surface area contributed by atoms with Crippen LogP contribution in [0.25, 0.3) is 5.78 Å². The topological polar surface area (TPSA) is 72.2 Å². The number of para-hydroxylation sites is 1. The van der Waals surface area contributed by atoms with Gasteiger partial charge in [0.15, 0.2) is 0 Å². The number of carbonyl (C=O) groups is 1. The van der Waals surface area contributed by atoms with Crippen molar-refractivity contribution >= 4 is 29.1 Å². The van der Waals surface area contributed by atoms with Crippen LogP contribution in [0.4, 0.5) is 5.69 Å². The number of nitrogens with one attached hydrogen (secondary N) is 1. The second-order valence-electron chi connectivity index (χ2n) is 6.73. The third-order valence-electron chi connectivity index (χ3n) is 4.66. The zero-order valence-electron chi connectivity index (χ0n) is 16.5. The van der Waals surface area contributed by atoms with Gasteiger partial charge in [0.2, 0.25) is 0 Å². The summed E-state index contributed by atoms with van der Waals surface area (Å²) in [5.74, 6) is 0.442. The van der Waals surface area contributed by atoms with Gasteiger partial charge in [0.1, 0.15) is 11.4 Å². The molecule has 146 valence electrons. The summed E-state index contributed by atoms with van der Waals surface area (Å²) in [7, 11) is 0. The van der Waals surface area contributed by atoms with E-state index in [9.17, 15) is 4.79 Å². The third kappa shape index (κ3) is 3.86. The van der Waals surface area contributed by atoms with Crippen LogP contribution in [0, 0.1) is 13.8 Å². The van der Waals surface area contributed by atoms with Gasteiger partial charge in [-0.05, 0) is 44.5 Å². The highest BCUT2D eigenvalue weighted by Crippen LogP contribution is 2.36. The maximum Gasteiger partial charge on any atom is 0.255 e. The number of anilines is 1. The fraction of sp³-hybridized carbons (Fsp3) is 0.182. The van der Waals surface area contributed by atoms with Crippen LogP contribution in [0.15, 0.2) is 64.8 Å². The summed E-state index contributed by atoms with van der Waals surface area (Å²) in [6.07, 6.45) is 2.34. The van der Waals surface area contributed by atoms with Gasteiger partial charge < -0.3 is 5.32 Å². The number of rotatable bonds is 5. The fourth-order valence-corrected chi connectivity index (χ4v) is 4.43. The lowest BCUT2D eigenvalue weighted by atomic mass is 10.1. The Morgan fingerprint density at radius 3 is 2.76 bits per heavy atom. The van der Waals surface area contributed by atoms with Crippen LogP contribution < -0.4 is 5.32 Å². The first-order chi connectivity index (χ1) is 14.1. The summed E-state index contributed by atoms with van der Waals surface area (Å²) in [6, 6.07) is 15.3. The van der Waals surface area contributed by atoms with Crippen LogP contribution in [0.3, 0.4) is 0 Å². The predicted molar refractivity (Wildman–Crippen MR) is 115 cm³/mol. The predicted octanol–water partition coefficient (Wildman–Crippen LogP) is 4.71. The van der Waals surface area contributed by atoms with Crippen LogP contribution >= 0.6 is 11.8 Å². The molecule has 7 heteroatoms. The molecule has 0 atom stereocenters. The van der Waals surface area contributed by atoms with E-state index in [1.807, 2.05) is 62.4 Å². The molecule has 29 heavy (non-hydrogen) atoms. The van der Waals surface area contributed by atoms with Crippen molar-refractivity contribution in [3.8, 4) is 0 Å². The van der Waals surface area contributed by atoms with Gasteiger partial charge in [0.05, 0.1) is 5.69 Å². The van der Waals surface area contributed by atoms with Gasteiger partial charge in [-0.2, -0.15) is 14.6 Å². The van der Waals surface area contributed by atoms with Gasteiger partial charge in [-0.25, -0.2) is 4.98 Å². The highest BCUT2D eigenvalue weighted by Gasteiger charge is 2.17. The summed E-state index contributed by atoms with van der Waals surface area (Å²) in [4.78, 5) is 22.5. The standard InChI is InChI=1S/C22H21N5OS/c1-4-17-15(3)25-22-23-13-24-27(22)21(17)29-19-11-6-5-10-18(19)26-20(28)16-9-7-8-14(2)12-16/h5-13H,4H2,1-3H3,(H,26,28). The minimum absolute atomic E-state index is 0.130. The van der Waals surface area contributed by atoms with Crippen molar-refractivity contribution < 1.29 is 4.79 Å². The molecule has 2 aromatic heterocycles. The third-order valence-corrected chi connectivity index (χ3v) is 5.85. The van der Waals surface area contributed by atoms with E-state index in [-0.39, 0.29) is 5.91 Å². The maximum atomic E-state index is 12.8. The monoisotopic (exact) mass is 403 g/mol. The Hall–Kier alpha value is -3.19. The number of nitrogens with zero attached hydrogens (tertiary/aromatic N) is 4. The second kappa shape index (κ2) is 8.05.